The zero-order chi connectivity index (χ0) is 21.6. The van der Waals surface area contributed by atoms with Crippen molar-refractivity contribution in [2.75, 3.05) is 43.4 Å². The zero-order valence-electron chi connectivity index (χ0n) is 16.4. The van der Waals surface area contributed by atoms with Gasteiger partial charge in [-0.05, 0) is 42.0 Å². The number of carbonyl (C=O) groups is 1. The molecule has 1 heterocycles. The van der Waals surface area contributed by atoms with Crippen molar-refractivity contribution in [2.24, 2.45) is 0 Å². The number of carbonyl (C=O) groups excluding carboxylic acids is 1. The molecular formula is C20H24ClFN4O3S. The molecule has 0 aromatic heterocycles. The standard InChI is InChI=1S/C20H24ClFN4O3S/c21-17-3-1-16(2-4-17)15-24-20(27)23-9-14-30(28,29)26-12-10-25(11-13-26)19-7-5-18(22)6-8-19/h1-8H,9-15H2,(H2,23,24,27). The van der Waals surface area contributed by atoms with Crippen LogP contribution >= 0.6 is 11.6 Å². The highest BCUT2D eigenvalue weighted by Gasteiger charge is 2.26. The van der Waals surface area contributed by atoms with Crippen LogP contribution in [0.5, 0.6) is 0 Å². The number of benzene rings is 2. The van der Waals surface area contributed by atoms with E-state index in [1.54, 1.807) is 36.4 Å². The molecule has 10 heteroatoms. The van der Waals surface area contributed by atoms with Crippen molar-refractivity contribution >= 4 is 33.3 Å². The van der Waals surface area contributed by atoms with Gasteiger partial charge in [-0.15, -0.1) is 0 Å². The summed E-state index contributed by atoms with van der Waals surface area (Å²) in [5, 5.41) is 5.87. The quantitative estimate of drug-likeness (QED) is 0.673. The summed E-state index contributed by atoms with van der Waals surface area (Å²) in [6, 6.07) is 12.8. The highest BCUT2D eigenvalue weighted by atomic mass is 35.5. The van der Waals surface area contributed by atoms with Gasteiger partial charge in [0.1, 0.15) is 5.82 Å². The van der Waals surface area contributed by atoms with Crippen molar-refractivity contribution in [1.29, 1.82) is 0 Å². The highest BCUT2D eigenvalue weighted by Crippen LogP contribution is 2.18. The van der Waals surface area contributed by atoms with Crippen LogP contribution in [-0.4, -0.2) is 57.2 Å². The third-order valence-electron chi connectivity index (χ3n) is 4.84. The third kappa shape index (κ3) is 6.32. The molecule has 3 rings (SSSR count). The van der Waals surface area contributed by atoms with Crippen LogP contribution in [-0.2, 0) is 16.6 Å². The van der Waals surface area contributed by atoms with Crippen molar-refractivity contribution in [3.8, 4) is 0 Å². The van der Waals surface area contributed by atoms with Crippen LogP contribution in [0.4, 0.5) is 14.9 Å². The predicted octanol–water partition coefficient (Wildman–Crippen LogP) is 2.43. The molecule has 1 aliphatic heterocycles. The Bertz CT molecular complexity index is 947. The van der Waals surface area contributed by atoms with Gasteiger partial charge < -0.3 is 15.5 Å². The maximum atomic E-state index is 13.1. The van der Waals surface area contributed by atoms with Gasteiger partial charge in [-0.25, -0.2) is 17.6 Å². The van der Waals surface area contributed by atoms with E-state index in [1.165, 1.54) is 16.4 Å². The molecule has 1 saturated heterocycles. The van der Waals surface area contributed by atoms with Crippen molar-refractivity contribution in [3.05, 3.63) is 64.9 Å². The molecule has 2 amide bonds. The lowest BCUT2D eigenvalue weighted by atomic mass is 10.2. The number of rotatable bonds is 7. The van der Waals surface area contributed by atoms with Gasteiger partial charge in [0.2, 0.25) is 10.0 Å². The Labute approximate surface area is 180 Å². The molecule has 0 atom stereocenters. The molecule has 0 saturated carbocycles. The van der Waals surface area contributed by atoms with Crippen LogP contribution in [0, 0.1) is 5.82 Å². The van der Waals surface area contributed by atoms with E-state index in [2.05, 4.69) is 10.6 Å². The fourth-order valence-electron chi connectivity index (χ4n) is 3.15. The number of piperazine rings is 1. The summed E-state index contributed by atoms with van der Waals surface area (Å²) in [4.78, 5) is 13.9. The summed E-state index contributed by atoms with van der Waals surface area (Å²) >= 11 is 5.82. The lowest BCUT2D eigenvalue weighted by Crippen LogP contribution is -2.50. The van der Waals surface area contributed by atoms with Gasteiger partial charge in [0, 0.05) is 50.0 Å². The van der Waals surface area contributed by atoms with E-state index in [4.69, 9.17) is 11.6 Å². The topological polar surface area (TPSA) is 81.8 Å². The normalized spacial score (nSPS) is 15.1. The lowest BCUT2D eigenvalue weighted by Gasteiger charge is -2.35. The number of amides is 2. The summed E-state index contributed by atoms with van der Waals surface area (Å²) in [6.07, 6.45) is 0. The Morgan fingerprint density at radius 1 is 0.967 bits per heavy atom. The van der Waals surface area contributed by atoms with Crippen molar-refractivity contribution in [2.45, 2.75) is 6.54 Å². The Morgan fingerprint density at radius 2 is 1.60 bits per heavy atom. The van der Waals surface area contributed by atoms with Gasteiger partial charge in [-0.1, -0.05) is 23.7 Å². The average Bonchev–Trinajstić information content (AvgIpc) is 2.74. The number of nitrogens with zero attached hydrogens (tertiary/aromatic N) is 2. The average molecular weight is 455 g/mol. The number of sulfonamides is 1. The SMILES string of the molecule is O=C(NCCS(=O)(=O)N1CCN(c2ccc(F)cc2)CC1)NCc1ccc(Cl)cc1. The second kappa shape index (κ2) is 10.1. The summed E-state index contributed by atoms with van der Waals surface area (Å²) in [5.41, 5.74) is 1.76. The molecule has 0 radical (unpaired) electrons. The lowest BCUT2D eigenvalue weighted by molar-refractivity contribution is 0.241. The molecule has 1 fully saturated rings. The van der Waals surface area contributed by atoms with E-state index in [1.807, 2.05) is 4.90 Å². The van der Waals surface area contributed by atoms with Crippen molar-refractivity contribution in [1.82, 2.24) is 14.9 Å². The van der Waals surface area contributed by atoms with Gasteiger partial charge in [0.05, 0.1) is 5.75 Å². The van der Waals surface area contributed by atoms with Crippen LogP contribution in [0.25, 0.3) is 0 Å². The Kier molecular flexibility index (Phi) is 7.52. The summed E-state index contributed by atoms with van der Waals surface area (Å²) in [7, 11) is -3.47. The fraction of sp³-hybridized carbons (Fsp3) is 0.350. The highest BCUT2D eigenvalue weighted by molar-refractivity contribution is 7.89. The number of anilines is 1. The number of halogens is 2. The molecule has 0 unspecified atom stereocenters. The minimum absolute atomic E-state index is 0.0208. The second-order valence-corrected chi connectivity index (χ2v) is 9.44. The molecular weight excluding hydrogens is 431 g/mol. The van der Waals surface area contributed by atoms with Crippen LogP contribution in [0.1, 0.15) is 5.56 Å². The van der Waals surface area contributed by atoms with Gasteiger partial charge in [0.25, 0.3) is 0 Å². The first-order valence-electron chi connectivity index (χ1n) is 9.58. The molecule has 1 aliphatic rings. The van der Waals surface area contributed by atoms with Gasteiger partial charge in [0.15, 0.2) is 0 Å². The van der Waals surface area contributed by atoms with E-state index < -0.39 is 16.1 Å². The number of nitrogens with one attached hydrogen (secondary N) is 2. The van der Waals surface area contributed by atoms with E-state index in [-0.39, 0.29) is 18.1 Å². The Hall–Kier alpha value is -2.36. The molecule has 30 heavy (non-hydrogen) atoms. The van der Waals surface area contributed by atoms with Crippen LogP contribution in [0.2, 0.25) is 5.02 Å². The van der Waals surface area contributed by atoms with Crippen molar-refractivity contribution in [3.63, 3.8) is 0 Å². The van der Waals surface area contributed by atoms with Gasteiger partial charge in [-0.2, -0.15) is 4.31 Å². The van der Waals surface area contributed by atoms with Crippen LogP contribution < -0.4 is 15.5 Å². The predicted molar refractivity (Wildman–Crippen MR) is 116 cm³/mol. The fourth-order valence-corrected chi connectivity index (χ4v) is 4.61. The van der Waals surface area contributed by atoms with Gasteiger partial charge >= 0.3 is 6.03 Å². The van der Waals surface area contributed by atoms with E-state index >= 15 is 0 Å². The summed E-state index contributed by atoms with van der Waals surface area (Å²) in [6.45, 7) is 2.10. The zero-order valence-corrected chi connectivity index (χ0v) is 17.9. The first kappa shape index (κ1) is 22.3. The number of hydrogen-bond acceptors (Lipinski definition) is 4. The molecule has 2 N–H and O–H groups in total. The molecule has 0 aliphatic carbocycles. The van der Waals surface area contributed by atoms with Crippen LogP contribution in [0.3, 0.4) is 0 Å². The van der Waals surface area contributed by atoms with Crippen LogP contribution in [0.15, 0.2) is 48.5 Å². The number of urea groups is 1. The first-order valence-corrected chi connectivity index (χ1v) is 11.6. The molecule has 0 spiro atoms. The number of hydrogen-bond donors (Lipinski definition) is 2. The third-order valence-corrected chi connectivity index (χ3v) is 6.96. The maximum absolute atomic E-state index is 13.1. The summed E-state index contributed by atoms with van der Waals surface area (Å²) < 4.78 is 39.6. The monoisotopic (exact) mass is 454 g/mol. The first-order chi connectivity index (χ1) is 14.3. The van der Waals surface area contributed by atoms with Crippen molar-refractivity contribution < 1.29 is 17.6 Å². The second-order valence-electron chi connectivity index (χ2n) is 6.91. The molecule has 162 valence electrons. The smallest absolute Gasteiger partial charge is 0.315 e. The molecule has 0 bridgehead atoms. The molecule has 2 aromatic carbocycles. The Balaban J connectivity index is 1.39. The van der Waals surface area contributed by atoms with Gasteiger partial charge in [-0.3, -0.25) is 0 Å². The Morgan fingerprint density at radius 3 is 2.23 bits per heavy atom. The minimum Gasteiger partial charge on any atom is -0.369 e. The summed E-state index contributed by atoms with van der Waals surface area (Å²) in [5.74, 6) is -0.470. The van der Waals surface area contributed by atoms with E-state index in [9.17, 15) is 17.6 Å². The van der Waals surface area contributed by atoms with E-state index in [0.717, 1.165) is 11.3 Å². The van der Waals surface area contributed by atoms with E-state index in [0.29, 0.717) is 37.7 Å². The largest absolute Gasteiger partial charge is 0.369 e. The molecule has 7 nitrogen and oxygen atoms in total. The minimum atomic E-state index is -3.47. The maximum Gasteiger partial charge on any atom is 0.315 e. The molecule has 2 aromatic rings.